The Kier molecular flexibility index (Phi) is 3.14. The van der Waals surface area contributed by atoms with E-state index in [2.05, 4.69) is 20.5 Å². The van der Waals surface area contributed by atoms with Crippen LogP contribution in [0, 0.1) is 13.8 Å². The molecule has 0 bridgehead atoms. The van der Waals surface area contributed by atoms with Crippen molar-refractivity contribution in [2.75, 3.05) is 11.9 Å². The summed E-state index contributed by atoms with van der Waals surface area (Å²) in [4.78, 5) is 4.28. The molecule has 5 heteroatoms. The summed E-state index contributed by atoms with van der Waals surface area (Å²) in [6.45, 7) is 4.54. The smallest absolute Gasteiger partial charge is 0.242 e. The van der Waals surface area contributed by atoms with E-state index in [9.17, 15) is 0 Å². The van der Waals surface area contributed by atoms with Crippen molar-refractivity contribution in [3.8, 4) is 0 Å². The standard InChI is InChI=1S/C11H14N4O/c1-8-9(2)14-15-11(13-8)12-6-5-10-4-3-7-16-10/h3-4,7H,5-6H2,1-2H3,(H,12,13,15). The third-order valence-electron chi connectivity index (χ3n) is 2.33. The van der Waals surface area contributed by atoms with Gasteiger partial charge < -0.3 is 9.73 Å². The van der Waals surface area contributed by atoms with E-state index in [1.165, 1.54) is 0 Å². The highest BCUT2D eigenvalue weighted by atomic mass is 16.3. The summed E-state index contributed by atoms with van der Waals surface area (Å²) in [5, 5.41) is 11.1. The van der Waals surface area contributed by atoms with Gasteiger partial charge in [0.15, 0.2) is 0 Å². The molecule has 84 valence electrons. The summed E-state index contributed by atoms with van der Waals surface area (Å²) in [6, 6.07) is 3.82. The van der Waals surface area contributed by atoms with Gasteiger partial charge in [-0.2, -0.15) is 5.10 Å². The van der Waals surface area contributed by atoms with Crippen molar-refractivity contribution in [1.29, 1.82) is 0 Å². The Hall–Kier alpha value is -1.91. The van der Waals surface area contributed by atoms with Crippen LogP contribution in [0.3, 0.4) is 0 Å². The van der Waals surface area contributed by atoms with Gasteiger partial charge in [0.05, 0.1) is 17.7 Å². The van der Waals surface area contributed by atoms with Crippen LogP contribution in [-0.4, -0.2) is 21.7 Å². The maximum absolute atomic E-state index is 5.22. The van der Waals surface area contributed by atoms with Gasteiger partial charge in [-0.15, -0.1) is 5.10 Å². The minimum atomic E-state index is 0.564. The number of anilines is 1. The van der Waals surface area contributed by atoms with Crippen molar-refractivity contribution in [3.63, 3.8) is 0 Å². The molecule has 0 spiro atoms. The molecule has 0 aliphatic heterocycles. The fourth-order valence-electron chi connectivity index (χ4n) is 1.28. The molecule has 2 aromatic heterocycles. The fraction of sp³-hybridized carbons (Fsp3) is 0.364. The molecule has 5 nitrogen and oxygen atoms in total. The van der Waals surface area contributed by atoms with Gasteiger partial charge in [-0.05, 0) is 26.0 Å². The molecule has 0 unspecified atom stereocenters. The van der Waals surface area contributed by atoms with Gasteiger partial charge in [-0.1, -0.05) is 0 Å². The number of rotatable bonds is 4. The summed E-state index contributed by atoms with van der Waals surface area (Å²) in [6.07, 6.45) is 2.48. The molecule has 2 rings (SSSR count). The van der Waals surface area contributed by atoms with Gasteiger partial charge in [0.2, 0.25) is 5.95 Å². The number of aryl methyl sites for hydroxylation is 2. The van der Waals surface area contributed by atoms with Crippen LogP contribution in [-0.2, 0) is 6.42 Å². The Morgan fingerprint density at radius 2 is 2.12 bits per heavy atom. The predicted molar refractivity (Wildman–Crippen MR) is 60.2 cm³/mol. The summed E-state index contributed by atoms with van der Waals surface area (Å²) in [7, 11) is 0. The lowest BCUT2D eigenvalue weighted by Crippen LogP contribution is -2.09. The number of furan rings is 1. The molecule has 0 fully saturated rings. The molecule has 0 aromatic carbocycles. The van der Waals surface area contributed by atoms with Gasteiger partial charge in [0, 0.05) is 13.0 Å². The molecule has 0 radical (unpaired) electrons. The minimum absolute atomic E-state index is 0.564. The molecule has 0 saturated heterocycles. The van der Waals surface area contributed by atoms with Crippen LogP contribution in [0.2, 0.25) is 0 Å². The van der Waals surface area contributed by atoms with Crippen LogP contribution in [0.4, 0.5) is 5.95 Å². The lowest BCUT2D eigenvalue weighted by Gasteiger charge is -2.04. The normalized spacial score (nSPS) is 10.4. The largest absolute Gasteiger partial charge is 0.469 e. The van der Waals surface area contributed by atoms with Crippen LogP contribution in [0.15, 0.2) is 22.8 Å². The van der Waals surface area contributed by atoms with Crippen molar-refractivity contribution in [3.05, 3.63) is 35.5 Å². The maximum Gasteiger partial charge on any atom is 0.242 e. The second kappa shape index (κ2) is 4.74. The Bertz CT molecular complexity index is 453. The highest BCUT2D eigenvalue weighted by Gasteiger charge is 2.01. The van der Waals surface area contributed by atoms with Gasteiger partial charge in [0.25, 0.3) is 0 Å². The zero-order chi connectivity index (χ0) is 11.4. The van der Waals surface area contributed by atoms with Crippen molar-refractivity contribution < 1.29 is 4.42 Å². The van der Waals surface area contributed by atoms with Crippen LogP contribution in [0.25, 0.3) is 0 Å². The Morgan fingerprint density at radius 1 is 1.25 bits per heavy atom. The average Bonchev–Trinajstić information content (AvgIpc) is 2.76. The highest BCUT2D eigenvalue weighted by molar-refractivity contribution is 5.24. The first kappa shape index (κ1) is 10.6. The lowest BCUT2D eigenvalue weighted by molar-refractivity contribution is 0.512. The third kappa shape index (κ3) is 2.56. The number of hydrogen-bond acceptors (Lipinski definition) is 5. The summed E-state index contributed by atoms with van der Waals surface area (Å²) in [5.74, 6) is 1.51. The van der Waals surface area contributed by atoms with E-state index in [-0.39, 0.29) is 0 Å². The Morgan fingerprint density at radius 3 is 2.81 bits per heavy atom. The zero-order valence-electron chi connectivity index (χ0n) is 9.40. The minimum Gasteiger partial charge on any atom is -0.469 e. The van der Waals surface area contributed by atoms with Crippen molar-refractivity contribution >= 4 is 5.95 Å². The molecule has 2 aromatic rings. The van der Waals surface area contributed by atoms with E-state index in [0.29, 0.717) is 5.95 Å². The first-order valence-corrected chi connectivity index (χ1v) is 5.20. The average molecular weight is 218 g/mol. The van der Waals surface area contributed by atoms with Gasteiger partial charge in [0.1, 0.15) is 5.76 Å². The second-order valence-corrected chi connectivity index (χ2v) is 3.56. The monoisotopic (exact) mass is 218 g/mol. The summed E-state index contributed by atoms with van der Waals surface area (Å²) >= 11 is 0. The van der Waals surface area contributed by atoms with Crippen LogP contribution >= 0.6 is 0 Å². The van der Waals surface area contributed by atoms with Crippen LogP contribution in [0.5, 0.6) is 0 Å². The molecule has 0 saturated carbocycles. The Labute approximate surface area is 93.9 Å². The van der Waals surface area contributed by atoms with Crippen LogP contribution < -0.4 is 5.32 Å². The molecule has 0 aliphatic carbocycles. The second-order valence-electron chi connectivity index (χ2n) is 3.56. The van der Waals surface area contributed by atoms with Crippen molar-refractivity contribution in [1.82, 2.24) is 15.2 Å². The number of aromatic nitrogens is 3. The predicted octanol–water partition coefficient (Wildman–Crippen LogP) is 1.74. The molecule has 0 atom stereocenters. The van der Waals surface area contributed by atoms with E-state index in [1.54, 1.807) is 6.26 Å². The molecular formula is C11H14N4O. The Balaban J connectivity index is 1.87. The van der Waals surface area contributed by atoms with Gasteiger partial charge in [-0.3, -0.25) is 0 Å². The lowest BCUT2D eigenvalue weighted by atomic mass is 10.3. The number of nitrogens with zero attached hydrogens (tertiary/aromatic N) is 3. The van der Waals surface area contributed by atoms with E-state index >= 15 is 0 Å². The maximum atomic E-state index is 5.22. The molecule has 1 N–H and O–H groups in total. The zero-order valence-corrected chi connectivity index (χ0v) is 9.40. The fourth-order valence-corrected chi connectivity index (χ4v) is 1.28. The van der Waals surface area contributed by atoms with Crippen LogP contribution in [0.1, 0.15) is 17.1 Å². The van der Waals surface area contributed by atoms with E-state index < -0.39 is 0 Å². The first-order chi connectivity index (χ1) is 7.75. The topological polar surface area (TPSA) is 63.8 Å². The molecule has 0 aliphatic rings. The summed E-state index contributed by atoms with van der Waals surface area (Å²) in [5.41, 5.74) is 1.76. The van der Waals surface area contributed by atoms with E-state index in [0.717, 1.165) is 30.1 Å². The van der Waals surface area contributed by atoms with Crippen molar-refractivity contribution in [2.24, 2.45) is 0 Å². The van der Waals surface area contributed by atoms with Gasteiger partial charge in [-0.25, -0.2) is 4.98 Å². The van der Waals surface area contributed by atoms with Gasteiger partial charge >= 0.3 is 0 Å². The molecular weight excluding hydrogens is 204 g/mol. The van der Waals surface area contributed by atoms with Crippen molar-refractivity contribution in [2.45, 2.75) is 20.3 Å². The summed E-state index contributed by atoms with van der Waals surface area (Å²) < 4.78 is 5.22. The van der Waals surface area contributed by atoms with E-state index in [1.807, 2.05) is 26.0 Å². The molecule has 2 heterocycles. The molecule has 16 heavy (non-hydrogen) atoms. The molecule has 0 amide bonds. The first-order valence-electron chi connectivity index (χ1n) is 5.20. The number of hydrogen-bond donors (Lipinski definition) is 1. The SMILES string of the molecule is Cc1nnc(NCCc2ccco2)nc1C. The highest BCUT2D eigenvalue weighted by Crippen LogP contribution is 2.04. The third-order valence-corrected chi connectivity index (χ3v) is 2.33. The van der Waals surface area contributed by atoms with E-state index in [4.69, 9.17) is 4.42 Å². The quantitative estimate of drug-likeness (QED) is 0.846. The number of nitrogens with one attached hydrogen (secondary N) is 1.